The Morgan fingerprint density at radius 3 is 2.73 bits per heavy atom. The van der Waals surface area contributed by atoms with Crippen molar-refractivity contribution in [1.82, 2.24) is 14.9 Å². The smallest absolute Gasteiger partial charge is 0.227 e. The number of hydrogen-bond acceptors (Lipinski definition) is 6. The molecule has 1 saturated heterocycles. The van der Waals surface area contributed by atoms with Crippen molar-refractivity contribution in [2.45, 2.75) is 0 Å². The summed E-state index contributed by atoms with van der Waals surface area (Å²) in [5, 5.41) is 0. The second-order valence-electron chi connectivity index (χ2n) is 3.68. The summed E-state index contributed by atoms with van der Waals surface area (Å²) >= 11 is 0. The Kier molecular flexibility index (Phi) is 2.98. The third kappa shape index (κ3) is 2.34. The van der Waals surface area contributed by atoms with Crippen LogP contribution in [0.15, 0.2) is 12.3 Å². The number of rotatable bonds is 2. The van der Waals surface area contributed by atoms with Gasteiger partial charge in [0.2, 0.25) is 5.95 Å². The molecule has 0 aromatic carbocycles. The zero-order valence-corrected chi connectivity index (χ0v) is 8.85. The summed E-state index contributed by atoms with van der Waals surface area (Å²) in [4.78, 5) is 13.0. The van der Waals surface area contributed by atoms with Gasteiger partial charge in [0, 0.05) is 38.4 Å². The predicted octanol–water partition coefficient (Wildman–Crippen LogP) is -0.486. The Balaban J connectivity index is 2.08. The highest BCUT2D eigenvalue weighted by Gasteiger charge is 2.16. The number of nitrogens with one attached hydrogen (secondary N) is 1. The van der Waals surface area contributed by atoms with Gasteiger partial charge in [-0.2, -0.15) is 4.98 Å². The number of hydrazine groups is 1. The standard InChI is InChI=1S/C9H16N6/c1-14-4-6-15(7-5-14)9-11-3-2-8(12-9)13-10/h2-3H,4-7,10H2,1H3,(H,11,12,13). The maximum Gasteiger partial charge on any atom is 0.227 e. The third-order valence-electron chi connectivity index (χ3n) is 2.58. The van der Waals surface area contributed by atoms with Crippen LogP contribution in [-0.2, 0) is 0 Å². The average Bonchev–Trinajstić information content (AvgIpc) is 2.30. The largest absolute Gasteiger partial charge is 0.338 e. The van der Waals surface area contributed by atoms with Gasteiger partial charge in [-0.25, -0.2) is 10.8 Å². The van der Waals surface area contributed by atoms with E-state index in [0.29, 0.717) is 5.82 Å². The minimum absolute atomic E-state index is 0.652. The van der Waals surface area contributed by atoms with Gasteiger partial charge in [0.05, 0.1) is 0 Å². The first-order valence-electron chi connectivity index (χ1n) is 5.03. The van der Waals surface area contributed by atoms with Gasteiger partial charge >= 0.3 is 0 Å². The molecule has 6 heteroatoms. The highest BCUT2D eigenvalue weighted by atomic mass is 15.3. The van der Waals surface area contributed by atoms with Crippen molar-refractivity contribution in [3.05, 3.63) is 12.3 Å². The topological polar surface area (TPSA) is 70.3 Å². The highest BCUT2D eigenvalue weighted by Crippen LogP contribution is 2.11. The molecular formula is C9H16N6. The minimum atomic E-state index is 0.652. The summed E-state index contributed by atoms with van der Waals surface area (Å²) in [7, 11) is 2.12. The van der Waals surface area contributed by atoms with Gasteiger partial charge in [0.15, 0.2) is 0 Å². The lowest BCUT2D eigenvalue weighted by Gasteiger charge is -2.32. The maximum atomic E-state index is 5.30. The molecule has 1 aliphatic rings. The summed E-state index contributed by atoms with van der Waals surface area (Å²) in [6.07, 6.45) is 1.72. The van der Waals surface area contributed by atoms with E-state index < -0.39 is 0 Å². The molecule has 3 N–H and O–H groups in total. The number of aromatic nitrogens is 2. The predicted molar refractivity (Wildman–Crippen MR) is 59.6 cm³/mol. The van der Waals surface area contributed by atoms with Gasteiger partial charge in [-0.15, -0.1) is 0 Å². The molecule has 1 aliphatic heterocycles. The summed E-state index contributed by atoms with van der Waals surface area (Å²) in [6, 6.07) is 1.75. The van der Waals surface area contributed by atoms with E-state index in [1.807, 2.05) is 0 Å². The molecule has 15 heavy (non-hydrogen) atoms. The lowest BCUT2D eigenvalue weighted by molar-refractivity contribution is 0.311. The molecule has 1 aromatic heterocycles. The molecule has 82 valence electrons. The van der Waals surface area contributed by atoms with Gasteiger partial charge in [0.25, 0.3) is 0 Å². The van der Waals surface area contributed by atoms with Gasteiger partial charge in [-0.1, -0.05) is 0 Å². The van der Waals surface area contributed by atoms with Crippen LogP contribution < -0.4 is 16.2 Å². The third-order valence-corrected chi connectivity index (χ3v) is 2.58. The molecule has 0 amide bonds. The molecule has 0 atom stereocenters. The molecule has 2 heterocycles. The molecule has 6 nitrogen and oxygen atoms in total. The molecule has 0 radical (unpaired) electrons. The normalized spacial score (nSPS) is 17.9. The number of likely N-dealkylation sites (N-methyl/N-ethyl adjacent to an activating group) is 1. The SMILES string of the molecule is CN1CCN(c2nccc(NN)n2)CC1. The first kappa shape index (κ1) is 10.1. The van der Waals surface area contributed by atoms with Crippen molar-refractivity contribution in [3.63, 3.8) is 0 Å². The van der Waals surface area contributed by atoms with Crippen LogP contribution in [0.25, 0.3) is 0 Å². The molecule has 0 spiro atoms. The van der Waals surface area contributed by atoms with Crippen molar-refractivity contribution in [1.29, 1.82) is 0 Å². The van der Waals surface area contributed by atoms with Crippen molar-refractivity contribution < 1.29 is 0 Å². The number of piperazine rings is 1. The Hall–Kier alpha value is -1.40. The van der Waals surface area contributed by atoms with Crippen LogP contribution in [0.5, 0.6) is 0 Å². The maximum absolute atomic E-state index is 5.30. The second kappa shape index (κ2) is 4.41. The zero-order chi connectivity index (χ0) is 10.7. The Morgan fingerprint density at radius 1 is 1.33 bits per heavy atom. The van der Waals surface area contributed by atoms with E-state index in [2.05, 4.69) is 32.2 Å². The number of nitrogen functional groups attached to an aromatic ring is 1. The zero-order valence-electron chi connectivity index (χ0n) is 8.85. The highest BCUT2D eigenvalue weighted by molar-refractivity contribution is 5.40. The first-order valence-corrected chi connectivity index (χ1v) is 5.03. The van der Waals surface area contributed by atoms with Gasteiger partial charge in [-0.05, 0) is 7.05 Å². The van der Waals surface area contributed by atoms with Gasteiger partial charge in [0.1, 0.15) is 5.82 Å². The summed E-state index contributed by atoms with van der Waals surface area (Å²) in [5.74, 6) is 6.70. The fraction of sp³-hybridized carbons (Fsp3) is 0.556. The Morgan fingerprint density at radius 2 is 2.07 bits per heavy atom. The number of nitrogens with zero attached hydrogens (tertiary/aromatic N) is 4. The molecule has 0 saturated carbocycles. The fourth-order valence-corrected chi connectivity index (χ4v) is 1.59. The van der Waals surface area contributed by atoms with Crippen LogP contribution in [0.2, 0.25) is 0 Å². The van der Waals surface area contributed by atoms with Crippen LogP contribution >= 0.6 is 0 Å². The van der Waals surface area contributed by atoms with Crippen LogP contribution in [0.4, 0.5) is 11.8 Å². The van der Waals surface area contributed by atoms with Crippen LogP contribution in [0, 0.1) is 0 Å². The van der Waals surface area contributed by atoms with E-state index in [9.17, 15) is 0 Å². The van der Waals surface area contributed by atoms with Crippen LogP contribution in [0.3, 0.4) is 0 Å². The van der Waals surface area contributed by atoms with E-state index in [4.69, 9.17) is 5.84 Å². The number of hydrogen-bond donors (Lipinski definition) is 2. The monoisotopic (exact) mass is 208 g/mol. The Bertz CT molecular complexity index is 320. The summed E-state index contributed by atoms with van der Waals surface area (Å²) in [6.45, 7) is 4.02. The van der Waals surface area contributed by atoms with E-state index in [-0.39, 0.29) is 0 Å². The number of nitrogens with two attached hydrogens (primary N) is 1. The fourth-order valence-electron chi connectivity index (χ4n) is 1.59. The van der Waals surface area contributed by atoms with Crippen LogP contribution in [0.1, 0.15) is 0 Å². The molecule has 2 rings (SSSR count). The minimum Gasteiger partial charge on any atom is -0.338 e. The van der Waals surface area contributed by atoms with Gasteiger partial charge < -0.3 is 15.2 Å². The average molecular weight is 208 g/mol. The molecule has 1 fully saturated rings. The number of anilines is 2. The van der Waals surface area contributed by atoms with E-state index in [0.717, 1.165) is 32.1 Å². The molecule has 1 aromatic rings. The van der Waals surface area contributed by atoms with E-state index in [1.54, 1.807) is 12.3 Å². The van der Waals surface area contributed by atoms with Crippen molar-refractivity contribution in [3.8, 4) is 0 Å². The molecule has 0 bridgehead atoms. The van der Waals surface area contributed by atoms with Crippen molar-refractivity contribution in [2.24, 2.45) is 5.84 Å². The quantitative estimate of drug-likeness (QED) is 0.505. The first-order chi connectivity index (χ1) is 7.29. The Labute approximate surface area is 89.1 Å². The summed E-state index contributed by atoms with van der Waals surface area (Å²) in [5.41, 5.74) is 2.53. The van der Waals surface area contributed by atoms with E-state index >= 15 is 0 Å². The lowest BCUT2D eigenvalue weighted by atomic mass is 10.3. The van der Waals surface area contributed by atoms with E-state index in [1.165, 1.54) is 0 Å². The van der Waals surface area contributed by atoms with Crippen molar-refractivity contribution in [2.75, 3.05) is 43.6 Å². The molecular weight excluding hydrogens is 192 g/mol. The summed E-state index contributed by atoms with van der Waals surface area (Å²) < 4.78 is 0. The second-order valence-corrected chi connectivity index (χ2v) is 3.68. The van der Waals surface area contributed by atoms with Crippen LogP contribution in [-0.4, -0.2) is 48.1 Å². The molecule has 0 unspecified atom stereocenters. The van der Waals surface area contributed by atoms with Gasteiger partial charge in [-0.3, -0.25) is 0 Å². The molecule has 0 aliphatic carbocycles. The lowest BCUT2D eigenvalue weighted by Crippen LogP contribution is -2.45. The van der Waals surface area contributed by atoms with Crippen molar-refractivity contribution >= 4 is 11.8 Å².